The van der Waals surface area contributed by atoms with Crippen LogP contribution in [0.4, 0.5) is 0 Å². The quantitative estimate of drug-likeness (QED) is 0.718. The molecule has 0 fully saturated rings. The Morgan fingerprint density at radius 1 is 1.43 bits per heavy atom. The largest absolute Gasteiger partial charge is 0.383 e. The summed E-state index contributed by atoms with van der Waals surface area (Å²) in [5, 5.41) is 9.74. The van der Waals surface area contributed by atoms with E-state index in [4.69, 9.17) is 0 Å². The zero-order valence-electron chi connectivity index (χ0n) is 8.50. The van der Waals surface area contributed by atoms with Gasteiger partial charge in [-0.2, -0.15) is 0 Å². The van der Waals surface area contributed by atoms with E-state index < -0.39 is 5.60 Å². The number of nitrogens with zero attached hydrogens (tertiary/aromatic N) is 2. The van der Waals surface area contributed by atoms with Gasteiger partial charge in [0.15, 0.2) is 5.65 Å². The summed E-state index contributed by atoms with van der Waals surface area (Å²) in [5.74, 6) is 0.547. The Labute approximate surface area is 82.0 Å². The average Bonchev–Trinajstić information content (AvgIpc) is 2.45. The standard InChI is InChI=1S/C10H13N3O/c1-6-4-7-8(11-5-6)13-9(12-7)10(2,3)14/h4-5,14H,1-3H3,(H,11,12,13). The summed E-state index contributed by atoms with van der Waals surface area (Å²) in [6.45, 7) is 5.35. The molecular formula is C10H13N3O. The van der Waals surface area contributed by atoms with Gasteiger partial charge in [-0.3, -0.25) is 0 Å². The van der Waals surface area contributed by atoms with Gasteiger partial charge >= 0.3 is 0 Å². The second-order valence-corrected chi connectivity index (χ2v) is 4.03. The van der Waals surface area contributed by atoms with Gasteiger partial charge in [0.25, 0.3) is 0 Å². The van der Waals surface area contributed by atoms with Crippen molar-refractivity contribution in [2.45, 2.75) is 26.4 Å². The first-order chi connectivity index (χ1) is 6.47. The molecule has 74 valence electrons. The summed E-state index contributed by atoms with van der Waals surface area (Å²) in [6, 6.07) is 1.96. The van der Waals surface area contributed by atoms with E-state index in [0.717, 1.165) is 11.1 Å². The lowest BCUT2D eigenvalue weighted by molar-refractivity contribution is 0.0700. The molecule has 0 bridgehead atoms. The van der Waals surface area contributed by atoms with E-state index in [-0.39, 0.29) is 0 Å². The molecule has 0 radical (unpaired) electrons. The number of aliphatic hydroxyl groups is 1. The summed E-state index contributed by atoms with van der Waals surface area (Å²) in [5.41, 5.74) is 1.63. The number of hydrogen-bond donors (Lipinski definition) is 2. The van der Waals surface area contributed by atoms with Crippen molar-refractivity contribution in [2.75, 3.05) is 0 Å². The predicted octanol–water partition coefficient (Wildman–Crippen LogP) is 1.49. The van der Waals surface area contributed by atoms with E-state index in [9.17, 15) is 5.11 Å². The van der Waals surface area contributed by atoms with E-state index in [1.165, 1.54) is 0 Å². The van der Waals surface area contributed by atoms with Crippen LogP contribution in [0.1, 0.15) is 25.2 Å². The third kappa shape index (κ3) is 1.48. The molecule has 4 nitrogen and oxygen atoms in total. The molecule has 0 aliphatic rings. The second kappa shape index (κ2) is 2.78. The van der Waals surface area contributed by atoms with Crippen LogP contribution in [0.15, 0.2) is 12.3 Å². The van der Waals surface area contributed by atoms with Gasteiger partial charge in [0.05, 0.1) is 5.52 Å². The van der Waals surface area contributed by atoms with Crippen LogP contribution in [0.3, 0.4) is 0 Å². The summed E-state index contributed by atoms with van der Waals surface area (Å²) in [6.07, 6.45) is 1.76. The molecule has 0 aliphatic heterocycles. The lowest BCUT2D eigenvalue weighted by atomic mass is 10.1. The molecule has 2 heterocycles. The maximum absolute atomic E-state index is 9.74. The first kappa shape index (κ1) is 9.15. The molecular weight excluding hydrogens is 178 g/mol. The molecule has 4 heteroatoms. The highest BCUT2D eigenvalue weighted by Crippen LogP contribution is 2.19. The van der Waals surface area contributed by atoms with E-state index in [2.05, 4.69) is 15.0 Å². The molecule has 0 saturated heterocycles. The molecule has 14 heavy (non-hydrogen) atoms. The maximum Gasteiger partial charge on any atom is 0.177 e. The normalized spacial score (nSPS) is 12.3. The Bertz CT molecular complexity index is 468. The topological polar surface area (TPSA) is 61.8 Å². The third-order valence-corrected chi connectivity index (χ3v) is 2.05. The van der Waals surface area contributed by atoms with Crippen molar-refractivity contribution >= 4 is 11.2 Å². The molecule has 2 rings (SSSR count). The van der Waals surface area contributed by atoms with Crippen LogP contribution in [0.25, 0.3) is 11.2 Å². The van der Waals surface area contributed by atoms with Crippen LogP contribution in [0.2, 0.25) is 0 Å². The summed E-state index contributed by atoms with van der Waals surface area (Å²) >= 11 is 0. The molecule has 2 aromatic heterocycles. The van der Waals surface area contributed by atoms with Crippen molar-refractivity contribution < 1.29 is 5.11 Å². The number of nitrogens with one attached hydrogen (secondary N) is 1. The Balaban J connectivity index is 2.63. The van der Waals surface area contributed by atoms with Gasteiger partial charge < -0.3 is 10.1 Å². The highest BCUT2D eigenvalue weighted by molar-refractivity contribution is 5.71. The summed E-state index contributed by atoms with van der Waals surface area (Å²) in [7, 11) is 0. The van der Waals surface area contributed by atoms with Crippen molar-refractivity contribution in [2.24, 2.45) is 0 Å². The minimum Gasteiger partial charge on any atom is -0.383 e. The van der Waals surface area contributed by atoms with Crippen LogP contribution in [0, 0.1) is 6.92 Å². The summed E-state index contributed by atoms with van der Waals surface area (Å²) < 4.78 is 0. The van der Waals surface area contributed by atoms with Gasteiger partial charge in [-0.25, -0.2) is 9.97 Å². The number of fused-ring (bicyclic) bond motifs is 1. The first-order valence-electron chi connectivity index (χ1n) is 4.52. The Morgan fingerprint density at radius 3 is 2.79 bits per heavy atom. The molecule has 0 aliphatic carbocycles. The van der Waals surface area contributed by atoms with Crippen LogP contribution >= 0.6 is 0 Å². The SMILES string of the molecule is Cc1cnc2nc(C(C)(C)O)[nH]c2c1. The number of rotatable bonds is 1. The third-order valence-electron chi connectivity index (χ3n) is 2.05. The Hall–Kier alpha value is -1.42. The van der Waals surface area contributed by atoms with Crippen molar-refractivity contribution in [3.05, 3.63) is 23.7 Å². The van der Waals surface area contributed by atoms with Crippen molar-refractivity contribution in [1.82, 2.24) is 15.0 Å². The first-order valence-corrected chi connectivity index (χ1v) is 4.52. The van der Waals surface area contributed by atoms with Crippen LogP contribution < -0.4 is 0 Å². The molecule has 0 atom stereocenters. The molecule has 0 unspecified atom stereocenters. The smallest absolute Gasteiger partial charge is 0.177 e. The van der Waals surface area contributed by atoms with E-state index in [0.29, 0.717) is 11.5 Å². The number of pyridine rings is 1. The van der Waals surface area contributed by atoms with Gasteiger partial charge in [0, 0.05) is 6.20 Å². The molecule has 2 aromatic rings. The van der Waals surface area contributed by atoms with Crippen LogP contribution in [-0.2, 0) is 5.60 Å². The molecule has 0 aromatic carbocycles. The molecule has 2 N–H and O–H groups in total. The van der Waals surface area contributed by atoms with Crippen molar-refractivity contribution in [3.8, 4) is 0 Å². The van der Waals surface area contributed by atoms with E-state index in [1.807, 2.05) is 13.0 Å². The lowest BCUT2D eigenvalue weighted by Gasteiger charge is -2.12. The minimum absolute atomic E-state index is 0.547. The number of aryl methyl sites for hydroxylation is 1. The maximum atomic E-state index is 9.74. The van der Waals surface area contributed by atoms with Crippen LogP contribution in [0.5, 0.6) is 0 Å². The fourth-order valence-electron chi connectivity index (χ4n) is 1.29. The molecule has 0 spiro atoms. The minimum atomic E-state index is -0.950. The number of H-pyrrole nitrogens is 1. The number of aromatic amines is 1. The van der Waals surface area contributed by atoms with Crippen molar-refractivity contribution in [1.29, 1.82) is 0 Å². The van der Waals surface area contributed by atoms with Gasteiger partial charge in [-0.15, -0.1) is 0 Å². The van der Waals surface area contributed by atoms with Gasteiger partial charge in [0.1, 0.15) is 11.4 Å². The number of hydrogen-bond acceptors (Lipinski definition) is 3. The van der Waals surface area contributed by atoms with Gasteiger partial charge in [-0.1, -0.05) is 0 Å². The monoisotopic (exact) mass is 191 g/mol. The predicted molar refractivity (Wildman–Crippen MR) is 53.9 cm³/mol. The number of aromatic nitrogens is 3. The molecule has 0 saturated carbocycles. The van der Waals surface area contributed by atoms with E-state index in [1.54, 1.807) is 20.0 Å². The zero-order chi connectivity index (χ0) is 10.3. The Morgan fingerprint density at radius 2 is 2.14 bits per heavy atom. The number of imidazole rings is 1. The highest BCUT2D eigenvalue weighted by Gasteiger charge is 2.20. The fraction of sp³-hybridized carbons (Fsp3) is 0.400. The van der Waals surface area contributed by atoms with Gasteiger partial charge in [-0.05, 0) is 32.4 Å². The lowest BCUT2D eigenvalue weighted by Crippen LogP contribution is -2.17. The average molecular weight is 191 g/mol. The summed E-state index contributed by atoms with van der Waals surface area (Å²) in [4.78, 5) is 11.4. The zero-order valence-corrected chi connectivity index (χ0v) is 8.50. The van der Waals surface area contributed by atoms with Crippen LogP contribution in [-0.4, -0.2) is 20.1 Å². The fourth-order valence-corrected chi connectivity index (χ4v) is 1.29. The van der Waals surface area contributed by atoms with E-state index >= 15 is 0 Å². The highest BCUT2D eigenvalue weighted by atomic mass is 16.3. The van der Waals surface area contributed by atoms with Crippen molar-refractivity contribution in [3.63, 3.8) is 0 Å². The molecule has 0 amide bonds. The van der Waals surface area contributed by atoms with Gasteiger partial charge in [0.2, 0.25) is 0 Å². The second-order valence-electron chi connectivity index (χ2n) is 4.03. The Kier molecular flexibility index (Phi) is 1.82.